The van der Waals surface area contributed by atoms with E-state index in [1.165, 1.54) is 0 Å². The summed E-state index contributed by atoms with van der Waals surface area (Å²) in [5.74, 6) is 0. The first kappa shape index (κ1) is 12.6. The molecule has 2 aromatic heterocycles. The Hall–Kier alpha value is -1.45. The van der Waals surface area contributed by atoms with Gasteiger partial charge in [-0.05, 0) is 23.3 Å². The molecular weight excluding hydrogens is 224 g/mol. The molecule has 0 spiro atoms. The number of hydrogen-bond donors (Lipinski definition) is 1. The number of aliphatic hydroxyl groups excluding tert-OH is 1. The molecule has 4 heteroatoms. The second-order valence-electron chi connectivity index (χ2n) is 3.28. The highest BCUT2D eigenvalue weighted by atomic mass is 35.5. The predicted octanol–water partition coefficient (Wildman–Crippen LogP) is 1.45. The van der Waals surface area contributed by atoms with E-state index in [2.05, 4.69) is 4.98 Å². The van der Waals surface area contributed by atoms with Crippen LogP contribution in [0.15, 0.2) is 49.1 Å². The molecule has 0 unspecified atom stereocenters. The summed E-state index contributed by atoms with van der Waals surface area (Å²) in [5, 5.41) is 8.78. The molecule has 2 aromatic rings. The zero-order chi connectivity index (χ0) is 10.5. The fourth-order valence-electron chi connectivity index (χ4n) is 1.46. The molecule has 0 atom stereocenters. The minimum Gasteiger partial charge on any atom is -0.390 e. The highest BCUT2D eigenvalue weighted by Gasteiger charge is 2.01. The monoisotopic (exact) mass is 237 g/mol. The lowest BCUT2D eigenvalue weighted by Gasteiger charge is -1.99. The van der Waals surface area contributed by atoms with Crippen molar-refractivity contribution in [3.8, 4) is 11.1 Å². The van der Waals surface area contributed by atoms with Gasteiger partial charge in [-0.3, -0.25) is 4.98 Å². The summed E-state index contributed by atoms with van der Waals surface area (Å²) in [6.07, 6.45) is 7.49. The minimum atomic E-state index is 0. The maximum Gasteiger partial charge on any atom is 0.171 e. The van der Waals surface area contributed by atoms with Crippen LogP contribution in [-0.2, 0) is 6.54 Å². The Bertz CT molecular complexity index is 417. The predicted molar refractivity (Wildman–Crippen MR) is 64.2 cm³/mol. The molecule has 1 N–H and O–H groups in total. The third-order valence-corrected chi connectivity index (χ3v) is 2.26. The van der Waals surface area contributed by atoms with Gasteiger partial charge in [-0.2, -0.15) is 0 Å². The second-order valence-corrected chi connectivity index (χ2v) is 3.28. The first-order chi connectivity index (χ1) is 7.40. The van der Waals surface area contributed by atoms with Crippen LogP contribution in [0.5, 0.6) is 0 Å². The Morgan fingerprint density at radius 3 is 2.12 bits per heavy atom. The SMILES string of the molecule is Cl.OCC[n+]1ccc(-c2ccncc2)cc1. The van der Waals surface area contributed by atoms with Crippen LogP contribution in [0, 0.1) is 0 Å². The Labute approximate surface area is 101 Å². The maximum atomic E-state index is 8.78. The van der Waals surface area contributed by atoms with Gasteiger partial charge >= 0.3 is 0 Å². The standard InChI is InChI=1S/C12H13N2O.ClH/c15-10-9-14-7-3-12(4-8-14)11-1-5-13-6-2-11;/h1-8,15H,9-10H2;1H/q+1;. The summed E-state index contributed by atoms with van der Waals surface area (Å²) in [4.78, 5) is 3.98. The molecule has 0 radical (unpaired) electrons. The zero-order valence-corrected chi connectivity index (χ0v) is 9.60. The van der Waals surface area contributed by atoms with Gasteiger partial charge in [0.05, 0.1) is 0 Å². The van der Waals surface area contributed by atoms with Crippen molar-refractivity contribution in [2.45, 2.75) is 6.54 Å². The average molecular weight is 238 g/mol. The molecule has 0 aliphatic carbocycles. The lowest BCUT2D eigenvalue weighted by atomic mass is 10.1. The Kier molecular flexibility index (Phi) is 4.89. The van der Waals surface area contributed by atoms with Crippen LogP contribution in [-0.4, -0.2) is 16.7 Å². The molecule has 3 nitrogen and oxygen atoms in total. The number of nitrogens with zero attached hydrogens (tertiary/aromatic N) is 2. The van der Waals surface area contributed by atoms with Gasteiger partial charge in [0.15, 0.2) is 18.9 Å². The quantitative estimate of drug-likeness (QED) is 0.821. The third-order valence-electron chi connectivity index (χ3n) is 2.26. The van der Waals surface area contributed by atoms with Crippen molar-refractivity contribution < 1.29 is 9.67 Å². The van der Waals surface area contributed by atoms with Crippen LogP contribution in [0.4, 0.5) is 0 Å². The van der Waals surface area contributed by atoms with Crippen molar-refractivity contribution in [3.05, 3.63) is 49.1 Å². The van der Waals surface area contributed by atoms with E-state index in [4.69, 9.17) is 5.11 Å². The fourth-order valence-corrected chi connectivity index (χ4v) is 1.46. The first-order valence-electron chi connectivity index (χ1n) is 4.90. The molecule has 0 fully saturated rings. The van der Waals surface area contributed by atoms with Gasteiger partial charge in [0.1, 0.15) is 6.61 Å². The summed E-state index contributed by atoms with van der Waals surface area (Å²) in [7, 11) is 0. The van der Waals surface area contributed by atoms with E-state index in [1.807, 2.05) is 41.2 Å². The highest BCUT2D eigenvalue weighted by molar-refractivity contribution is 5.85. The van der Waals surface area contributed by atoms with E-state index in [0.29, 0.717) is 6.54 Å². The van der Waals surface area contributed by atoms with Gasteiger partial charge in [-0.15, -0.1) is 12.4 Å². The molecule has 0 saturated carbocycles. The van der Waals surface area contributed by atoms with Gasteiger partial charge in [0, 0.05) is 24.5 Å². The van der Waals surface area contributed by atoms with Crippen LogP contribution in [0.2, 0.25) is 0 Å². The number of rotatable bonds is 3. The van der Waals surface area contributed by atoms with Crippen LogP contribution < -0.4 is 4.57 Å². The molecule has 0 aliphatic heterocycles. The normalized spacial score (nSPS) is 9.56. The number of aromatic nitrogens is 2. The summed E-state index contributed by atoms with van der Waals surface area (Å²) in [5.41, 5.74) is 2.31. The van der Waals surface area contributed by atoms with Crippen LogP contribution in [0.3, 0.4) is 0 Å². The molecule has 0 aromatic carbocycles. The first-order valence-corrected chi connectivity index (χ1v) is 4.90. The molecule has 0 aliphatic rings. The Morgan fingerprint density at radius 1 is 1.00 bits per heavy atom. The average Bonchev–Trinajstić information content (AvgIpc) is 2.32. The lowest BCUT2D eigenvalue weighted by molar-refractivity contribution is -0.698. The molecule has 84 valence electrons. The number of halogens is 1. The van der Waals surface area contributed by atoms with Gasteiger partial charge in [0.25, 0.3) is 0 Å². The topological polar surface area (TPSA) is 37.0 Å². The largest absolute Gasteiger partial charge is 0.390 e. The van der Waals surface area contributed by atoms with E-state index < -0.39 is 0 Å². The third kappa shape index (κ3) is 3.02. The van der Waals surface area contributed by atoms with Crippen molar-refractivity contribution in [3.63, 3.8) is 0 Å². The second kappa shape index (κ2) is 6.20. The van der Waals surface area contributed by atoms with Crippen molar-refractivity contribution in [1.82, 2.24) is 4.98 Å². The van der Waals surface area contributed by atoms with E-state index in [0.717, 1.165) is 11.1 Å². The van der Waals surface area contributed by atoms with E-state index in [9.17, 15) is 0 Å². The summed E-state index contributed by atoms with van der Waals surface area (Å²) < 4.78 is 1.95. The Morgan fingerprint density at radius 2 is 1.56 bits per heavy atom. The van der Waals surface area contributed by atoms with E-state index in [-0.39, 0.29) is 19.0 Å². The molecule has 2 heterocycles. The van der Waals surface area contributed by atoms with Crippen molar-refractivity contribution in [1.29, 1.82) is 0 Å². The highest BCUT2D eigenvalue weighted by Crippen LogP contribution is 2.15. The number of pyridine rings is 2. The minimum absolute atomic E-state index is 0. The lowest BCUT2D eigenvalue weighted by Crippen LogP contribution is -2.34. The molecule has 2 rings (SSSR count). The molecular formula is C12H14ClN2O+. The van der Waals surface area contributed by atoms with Gasteiger partial charge in [0.2, 0.25) is 0 Å². The fraction of sp³-hybridized carbons (Fsp3) is 0.167. The summed E-state index contributed by atoms with van der Waals surface area (Å²) >= 11 is 0. The van der Waals surface area contributed by atoms with Crippen molar-refractivity contribution in [2.24, 2.45) is 0 Å². The van der Waals surface area contributed by atoms with E-state index in [1.54, 1.807) is 12.4 Å². The maximum absolute atomic E-state index is 8.78. The van der Waals surface area contributed by atoms with Gasteiger partial charge < -0.3 is 5.11 Å². The summed E-state index contributed by atoms with van der Waals surface area (Å²) in [6.45, 7) is 0.801. The van der Waals surface area contributed by atoms with Gasteiger partial charge in [-0.1, -0.05) is 0 Å². The Balaban J connectivity index is 0.00000128. The molecule has 0 amide bonds. The molecule has 0 bridgehead atoms. The van der Waals surface area contributed by atoms with Crippen LogP contribution in [0.25, 0.3) is 11.1 Å². The van der Waals surface area contributed by atoms with Gasteiger partial charge in [-0.25, -0.2) is 4.57 Å². The van der Waals surface area contributed by atoms with Crippen LogP contribution >= 0.6 is 12.4 Å². The zero-order valence-electron chi connectivity index (χ0n) is 8.78. The molecule has 0 saturated heterocycles. The van der Waals surface area contributed by atoms with E-state index >= 15 is 0 Å². The number of hydrogen-bond acceptors (Lipinski definition) is 2. The van der Waals surface area contributed by atoms with Crippen LogP contribution in [0.1, 0.15) is 0 Å². The van der Waals surface area contributed by atoms with Crippen molar-refractivity contribution in [2.75, 3.05) is 6.61 Å². The summed E-state index contributed by atoms with van der Waals surface area (Å²) in [6, 6.07) is 8.02. The smallest absolute Gasteiger partial charge is 0.171 e. The number of aliphatic hydroxyl groups is 1. The van der Waals surface area contributed by atoms with Crippen molar-refractivity contribution >= 4 is 12.4 Å². The molecule has 16 heavy (non-hydrogen) atoms.